The van der Waals surface area contributed by atoms with Crippen LogP contribution < -0.4 is 0 Å². The molecule has 0 saturated carbocycles. The number of aliphatic hydroxyl groups is 2. The van der Waals surface area contributed by atoms with Crippen LogP contribution >= 0.6 is 11.8 Å². The Kier molecular flexibility index (Phi) is 4.29. The van der Waals surface area contributed by atoms with Crippen molar-refractivity contribution in [1.29, 1.82) is 0 Å². The van der Waals surface area contributed by atoms with Crippen LogP contribution in [0.15, 0.2) is 0 Å². The van der Waals surface area contributed by atoms with Crippen molar-refractivity contribution >= 4 is 11.8 Å². The van der Waals surface area contributed by atoms with E-state index < -0.39 is 5.60 Å². The van der Waals surface area contributed by atoms with Gasteiger partial charge in [-0.3, -0.25) is 0 Å². The third kappa shape index (κ3) is 2.26. The molecule has 1 saturated heterocycles. The van der Waals surface area contributed by atoms with Gasteiger partial charge in [0.05, 0.1) is 12.2 Å². The zero-order valence-corrected chi connectivity index (χ0v) is 10.1. The van der Waals surface area contributed by atoms with Crippen molar-refractivity contribution in [3.05, 3.63) is 0 Å². The second kappa shape index (κ2) is 4.86. The summed E-state index contributed by atoms with van der Waals surface area (Å²) in [7, 11) is 0. The minimum atomic E-state index is -0.636. The van der Waals surface area contributed by atoms with Gasteiger partial charge in [0.1, 0.15) is 0 Å². The van der Waals surface area contributed by atoms with Gasteiger partial charge in [-0.25, -0.2) is 0 Å². The summed E-state index contributed by atoms with van der Waals surface area (Å²) < 4.78 is 0. The highest BCUT2D eigenvalue weighted by atomic mass is 32.2. The summed E-state index contributed by atoms with van der Waals surface area (Å²) in [6, 6.07) is 0. The van der Waals surface area contributed by atoms with Crippen LogP contribution in [0.1, 0.15) is 39.5 Å². The molecule has 1 atom stereocenters. The summed E-state index contributed by atoms with van der Waals surface area (Å²) in [4.78, 5) is 0. The molecule has 1 heterocycles. The van der Waals surface area contributed by atoms with Gasteiger partial charge in [0.2, 0.25) is 0 Å². The first-order chi connectivity index (χ1) is 6.58. The summed E-state index contributed by atoms with van der Waals surface area (Å²) in [5, 5.41) is 20.0. The second-order valence-electron chi connectivity index (χ2n) is 4.61. The minimum absolute atomic E-state index is 0.0992. The van der Waals surface area contributed by atoms with E-state index in [1.54, 1.807) is 0 Å². The number of hydrogen-bond acceptors (Lipinski definition) is 3. The van der Waals surface area contributed by atoms with Gasteiger partial charge < -0.3 is 10.2 Å². The van der Waals surface area contributed by atoms with Crippen LogP contribution in [0.2, 0.25) is 0 Å². The number of aliphatic hydroxyl groups excluding tert-OH is 1. The molecule has 0 aromatic rings. The molecule has 1 unspecified atom stereocenters. The molecule has 2 N–H and O–H groups in total. The predicted octanol–water partition coefficient (Wildman–Crippen LogP) is 2.04. The lowest BCUT2D eigenvalue weighted by atomic mass is 9.68. The summed E-state index contributed by atoms with van der Waals surface area (Å²) >= 11 is 1.90. The maximum absolute atomic E-state index is 10.5. The summed E-state index contributed by atoms with van der Waals surface area (Å²) in [5.74, 6) is 2.05. The lowest BCUT2D eigenvalue weighted by Gasteiger charge is -2.46. The molecule has 1 aliphatic heterocycles. The standard InChI is InChI=1S/C11H22O2S/c1-3-4-10(2,9-12)11(13)5-7-14-8-6-11/h12-13H,3-9H2,1-2H3. The highest BCUT2D eigenvalue weighted by molar-refractivity contribution is 7.99. The van der Waals surface area contributed by atoms with Crippen LogP contribution in [0.3, 0.4) is 0 Å². The highest BCUT2D eigenvalue weighted by Gasteiger charge is 2.46. The van der Waals surface area contributed by atoms with E-state index in [-0.39, 0.29) is 12.0 Å². The van der Waals surface area contributed by atoms with Gasteiger partial charge in [0, 0.05) is 5.41 Å². The van der Waals surface area contributed by atoms with Crippen LogP contribution in [0.25, 0.3) is 0 Å². The molecule has 1 fully saturated rings. The zero-order valence-electron chi connectivity index (χ0n) is 9.25. The van der Waals surface area contributed by atoms with E-state index in [9.17, 15) is 10.2 Å². The van der Waals surface area contributed by atoms with E-state index in [4.69, 9.17) is 0 Å². The molecule has 14 heavy (non-hydrogen) atoms. The number of rotatable bonds is 4. The van der Waals surface area contributed by atoms with E-state index in [0.29, 0.717) is 0 Å². The van der Waals surface area contributed by atoms with E-state index in [2.05, 4.69) is 6.92 Å². The Balaban J connectivity index is 2.73. The SMILES string of the molecule is CCCC(C)(CO)C1(O)CCSCC1. The lowest BCUT2D eigenvalue weighted by Crippen LogP contribution is -2.51. The third-order valence-corrected chi connectivity index (χ3v) is 4.58. The highest BCUT2D eigenvalue weighted by Crippen LogP contribution is 2.43. The first-order valence-electron chi connectivity index (χ1n) is 5.49. The molecule has 0 spiro atoms. The third-order valence-electron chi connectivity index (χ3n) is 3.59. The Morgan fingerprint density at radius 3 is 2.36 bits per heavy atom. The fourth-order valence-corrected chi connectivity index (χ4v) is 3.49. The number of hydrogen-bond donors (Lipinski definition) is 2. The molecule has 0 aromatic heterocycles. The van der Waals surface area contributed by atoms with Gasteiger partial charge in [-0.2, -0.15) is 11.8 Å². The van der Waals surface area contributed by atoms with Crippen LogP contribution in [0.4, 0.5) is 0 Å². The summed E-state index contributed by atoms with van der Waals surface area (Å²) in [6.45, 7) is 4.23. The van der Waals surface area contributed by atoms with Gasteiger partial charge >= 0.3 is 0 Å². The van der Waals surface area contributed by atoms with Crippen molar-refractivity contribution < 1.29 is 10.2 Å². The van der Waals surface area contributed by atoms with Crippen LogP contribution in [0.5, 0.6) is 0 Å². The van der Waals surface area contributed by atoms with Crippen molar-refractivity contribution in [3.8, 4) is 0 Å². The molecular formula is C11H22O2S. The van der Waals surface area contributed by atoms with Crippen LogP contribution in [-0.4, -0.2) is 33.9 Å². The van der Waals surface area contributed by atoms with E-state index >= 15 is 0 Å². The van der Waals surface area contributed by atoms with Crippen molar-refractivity contribution in [2.75, 3.05) is 18.1 Å². The van der Waals surface area contributed by atoms with E-state index in [1.165, 1.54) is 0 Å². The first kappa shape index (κ1) is 12.3. The molecule has 1 aliphatic rings. The quantitative estimate of drug-likeness (QED) is 0.758. The maximum Gasteiger partial charge on any atom is 0.0738 e. The molecule has 3 heteroatoms. The topological polar surface area (TPSA) is 40.5 Å². The molecule has 84 valence electrons. The average Bonchev–Trinajstić information content (AvgIpc) is 2.19. The van der Waals surface area contributed by atoms with E-state index in [0.717, 1.165) is 37.2 Å². The normalized spacial score (nSPS) is 25.7. The first-order valence-corrected chi connectivity index (χ1v) is 6.64. The van der Waals surface area contributed by atoms with Gasteiger partial charge in [0.15, 0.2) is 0 Å². The predicted molar refractivity (Wildman–Crippen MR) is 61.6 cm³/mol. The fourth-order valence-electron chi connectivity index (χ4n) is 2.32. The Hall–Kier alpha value is 0.270. The molecule has 0 aliphatic carbocycles. The molecule has 2 nitrogen and oxygen atoms in total. The van der Waals surface area contributed by atoms with Gasteiger partial charge in [-0.05, 0) is 30.8 Å². The minimum Gasteiger partial charge on any atom is -0.396 e. The molecule has 1 rings (SSSR count). The Bertz CT molecular complexity index is 171. The Morgan fingerprint density at radius 1 is 1.36 bits per heavy atom. The molecular weight excluding hydrogens is 196 g/mol. The number of thioether (sulfide) groups is 1. The zero-order chi connectivity index (χ0) is 10.7. The average molecular weight is 218 g/mol. The summed E-state index contributed by atoms with van der Waals surface area (Å²) in [6.07, 6.45) is 3.58. The van der Waals surface area contributed by atoms with Gasteiger partial charge in [-0.15, -0.1) is 0 Å². The second-order valence-corrected chi connectivity index (χ2v) is 5.84. The molecule has 0 amide bonds. The van der Waals surface area contributed by atoms with Crippen molar-refractivity contribution in [2.24, 2.45) is 5.41 Å². The smallest absolute Gasteiger partial charge is 0.0738 e. The van der Waals surface area contributed by atoms with Crippen LogP contribution in [-0.2, 0) is 0 Å². The Morgan fingerprint density at radius 2 is 1.93 bits per heavy atom. The summed E-state index contributed by atoms with van der Waals surface area (Å²) in [5.41, 5.74) is -0.939. The van der Waals surface area contributed by atoms with Gasteiger partial charge in [-0.1, -0.05) is 20.3 Å². The molecule has 0 bridgehead atoms. The molecule has 0 aromatic carbocycles. The van der Waals surface area contributed by atoms with Crippen molar-refractivity contribution in [2.45, 2.75) is 45.1 Å². The Labute approximate surface area is 91.1 Å². The largest absolute Gasteiger partial charge is 0.396 e. The lowest BCUT2D eigenvalue weighted by molar-refractivity contribution is -0.110. The van der Waals surface area contributed by atoms with Crippen molar-refractivity contribution in [3.63, 3.8) is 0 Å². The van der Waals surface area contributed by atoms with Crippen molar-refractivity contribution in [1.82, 2.24) is 0 Å². The van der Waals surface area contributed by atoms with Gasteiger partial charge in [0.25, 0.3) is 0 Å². The maximum atomic E-state index is 10.5. The van der Waals surface area contributed by atoms with Crippen LogP contribution in [0, 0.1) is 5.41 Å². The van der Waals surface area contributed by atoms with E-state index in [1.807, 2.05) is 18.7 Å². The fraction of sp³-hybridized carbons (Fsp3) is 1.00. The molecule has 0 radical (unpaired) electrons. The monoisotopic (exact) mass is 218 g/mol.